The first-order chi connectivity index (χ1) is 22.9. The Morgan fingerprint density at radius 3 is 2.49 bits per heavy atom. The smallest absolute Gasteiger partial charge is 0.246 e. The Labute approximate surface area is 270 Å². The number of pyridine rings is 1. The molecule has 0 aliphatic carbocycles. The van der Waals surface area contributed by atoms with Gasteiger partial charge in [0.15, 0.2) is 5.82 Å². The highest BCUT2D eigenvalue weighted by molar-refractivity contribution is 6.01. The summed E-state index contributed by atoms with van der Waals surface area (Å²) in [4.78, 5) is 54.2. The number of piperazine rings is 1. The number of benzene rings is 1. The molecule has 4 aromatic heterocycles. The number of nitriles is 1. The molecule has 14 heteroatoms. The number of aromatic amines is 1. The second kappa shape index (κ2) is 12.5. The number of anilines is 2. The summed E-state index contributed by atoms with van der Waals surface area (Å²) < 4.78 is 0. The maximum atomic E-state index is 13.5. The zero-order valence-electron chi connectivity index (χ0n) is 25.8. The minimum atomic E-state index is -1.26. The van der Waals surface area contributed by atoms with E-state index in [2.05, 4.69) is 46.5 Å². The fourth-order valence-electron chi connectivity index (χ4n) is 6.10. The van der Waals surface area contributed by atoms with Crippen molar-refractivity contribution in [1.29, 1.82) is 5.26 Å². The molecule has 0 bridgehead atoms. The van der Waals surface area contributed by atoms with Crippen molar-refractivity contribution in [3.05, 3.63) is 73.1 Å². The highest BCUT2D eigenvalue weighted by Gasteiger charge is 2.46. The number of aromatic nitrogens is 7. The van der Waals surface area contributed by atoms with Crippen LogP contribution in [0.3, 0.4) is 0 Å². The third-order valence-corrected chi connectivity index (χ3v) is 8.72. The zero-order valence-corrected chi connectivity index (χ0v) is 25.8. The Morgan fingerprint density at radius 1 is 0.957 bits per heavy atom. The molecule has 1 aromatic carbocycles. The number of carbonyl (C=O) groups excluding carboxylic acids is 2. The minimum Gasteiger partial charge on any atom is -0.338 e. The first-order valence-electron chi connectivity index (χ1n) is 15.4. The number of hydrogen-bond donors (Lipinski definition) is 2. The zero-order chi connectivity index (χ0) is 32.4. The number of carbonyl (C=O) groups is 2. The molecule has 0 saturated carbocycles. The summed E-state index contributed by atoms with van der Waals surface area (Å²) in [6, 6.07) is 13.4. The van der Waals surface area contributed by atoms with Gasteiger partial charge in [-0.05, 0) is 49.7 Å². The van der Waals surface area contributed by atoms with Gasteiger partial charge < -0.3 is 15.1 Å². The summed E-state index contributed by atoms with van der Waals surface area (Å²) in [6.45, 7) is 4.98. The lowest BCUT2D eigenvalue weighted by Gasteiger charge is -2.35. The maximum Gasteiger partial charge on any atom is 0.246 e. The van der Waals surface area contributed by atoms with Gasteiger partial charge in [0.05, 0.1) is 23.7 Å². The van der Waals surface area contributed by atoms with Gasteiger partial charge in [-0.2, -0.15) is 10.4 Å². The van der Waals surface area contributed by atoms with Crippen LogP contribution < -0.4 is 10.2 Å². The van der Waals surface area contributed by atoms with Gasteiger partial charge >= 0.3 is 0 Å². The lowest BCUT2D eigenvalue weighted by atomic mass is 9.88. The number of nitrogens with one attached hydrogen (secondary N) is 2. The number of fused-ring (bicyclic) bond motifs is 1. The first kappa shape index (κ1) is 29.9. The summed E-state index contributed by atoms with van der Waals surface area (Å²) in [7, 11) is 0. The second-order valence-corrected chi connectivity index (χ2v) is 11.8. The van der Waals surface area contributed by atoms with E-state index in [-0.39, 0.29) is 24.9 Å². The summed E-state index contributed by atoms with van der Waals surface area (Å²) in [6.07, 6.45) is 8.84. The Balaban J connectivity index is 0.944. The van der Waals surface area contributed by atoms with Crippen LogP contribution in [0.15, 0.2) is 67.4 Å². The highest BCUT2D eigenvalue weighted by atomic mass is 16.2. The van der Waals surface area contributed by atoms with E-state index in [1.54, 1.807) is 43.1 Å². The van der Waals surface area contributed by atoms with Gasteiger partial charge in [-0.25, -0.2) is 19.9 Å². The fourth-order valence-corrected chi connectivity index (χ4v) is 6.10. The summed E-state index contributed by atoms with van der Waals surface area (Å²) in [5.41, 5.74) is 3.43. The lowest BCUT2D eigenvalue weighted by molar-refractivity contribution is -0.133. The molecule has 2 amide bonds. The van der Waals surface area contributed by atoms with Crippen LogP contribution in [-0.2, 0) is 9.59 Å². The van der Waals surface area contributed by atoms with Crippen molar-refractivity contribution in [2.45, 2.75) is 13.3 Å². The number of aryl methyl sites for hydroxylation is 1. The van der Waals surface area contributed by atoms with E-state index in [0.29, 0.717) is 56.6 Å². The van der Waals surface area contributed by atoms with Gasteiger partial charge in [-0.1, -0.05) is 0 Å². The number of nitrogens with zero attached hydrogens (tertiary/aromatic N) is 10. The van der Waals surface area contributed by atoms with Gasteiger partial charge in [-0.15, -0.1) is 0 Å². The van der Waals surface area contributed by atoms with E-state index >= 15 is 0 Å². The fraction of sp³-hybridized carbons (Fsp3) is 0.303. The molecule has 14 nitrogen and oxygen atoms in total. The predicted molar refractivity (Wildman–Crippen MR) is 174 cm³/mol. The molecule has 7 rings (SSSR count). The normalized spacial score (nSPS) is 18.3. The van der Waals surface area contributed by atoms with Crippen LogP contribution in [0.1, 0.15) is 12.1 Å². The van der Waals surface area contributed by atoms with Gasteiger partial charge in [0.1, 0.15) is 11.1 Å². The van der Waals surface area contributed by atoms with Crippen LogP contribution in [0.2, 0.25) is 0 Å². The third kappa shape index (κ3) is 6.08. The average Bonchev–Trinajstić information content (AvgIpc) is 3.73. The van der Waals surface area contributed by atoms with Gasteiger partial charge in [0, 0.05) is 92.6 Å². The van der Waals surface area contributed by atoms with Gasteiger partial charge in [0.25, 0.3) is 0 Å². The van der Waals surface area contributed by atoms with E-state index < -0.39 is 5.41 Å². The largest absolute Gasteiger partial charge is 0.338 e. The van der Waals surface area contributed by atoms with Crippen LogP contribution in [0.25, 0.3) is 33.5 Å². The van der Waals surface area contributed by atoms with Crippen LogP contribution in [-0.4, -0.2) is 103 Å². The summed E-state index contributed by atoms with van der Waals surface area (Å²) in [5, 5.41) is 21.5. The number of hydrogen-bond acceptors (Lipinski definition) is 11. The molecule has 1 atom stereocenters. The van der Waals surface area contributed by atoms with Crippen molar-refractivity contribution >= 4 is 34.4 Å². The molecular formula is C33H32N12O2. The van der Waals surface area contributed by atoms with Crippen molar-refractivity contribution < 1.29 is 9.59 Å². The van der Waals surface area contributed by atoms with Crippen molar-refractivity contribution in [3.63, 3.8) is 0 Å². The van der Waals surface area contributed by atoms with Crippen molar-refractivity contribution in [3.8, 4) is 28.7 Å². The predicted octanol–water partition coefficient (Wildman–Crippen LogP) is 2.68. The molecule has 0 spiro atoms. The molecule has 2 fully saturated rings. The molecule has 6 heterocycles. The molecule has 2 saturated heterocycles. The number of rotatable bonds is 7. The SMILES string of the molecule is Cc1cc(-c2n[nH]c3ccc(NC(=O)C4(C#N)CCN(CC(=O)N5CCN(c6ncc(-c7ncccn7)cn6)CC5)C4)cc23)ccn1. The van der Waals surface area contributed by atoms with Crippen LogP contribution in [0, 0.1) is 23.7 Å². The van der Waals surface area contributed by atoms with E-state index in [9.17, 15) is 14.9 Å². The topological polar surface area (TPSA) is 173 Å². The molecule has 1 unspecified atom stereocenters. The Hall–Kier alpha value is -5.81. The second-order valence-electron chi connectivity index (χ2n) is 11.8. The molecule has 2 aliphatic rings. The maximum absolute atomic E-state index is 13.5. The Kier molecular flexibility index (Phi) is 7.96. The Morgan fingerprint density at radius 2 is 1.74 bits per heavy atom. The van der Waals surface area contributed by atoms with E-state index in [4.69, 9.17) is 0 Å². The van der Waals surface area contributed by atoms with Crippen LogP contribution in [0.5, 0.6) is 0 Å². The number of H-pyrrole nitrogens is 1. The molecule has 236 valence electrons. The Bertz CT molecular complexity index is 1970. The molecule has 47 heavy (non-hydrogen) atoms. The van der Waals surface area contributed by atoms with Crippen LogP contribution >= 0.6 is 0 Å². The van der Waals surface area contributed by atoms with Gasteiger partial charge in [-0.3, -0.25) is 24.6 Å². The van der Waals surface area contributed by atoms with E-state index in [1.165, 1.54) is 0 Å². The van der Waals surface area contributed by atoms with Gasteiger partial charge in [0.2, 0.25) is 17.8 Å². The van der Waals surface area contributed by atoms with E-state index in [0.717, 1.165) is 33.4 Å². The van der Waals surface area contributed by atoms with Crippen molar-refractivity contribution in [2.24, 2.45) is 5.41 Å². The summed E-state index contributed by atoms with van der Waals surface area (Å²) in [5.74, 6) is 0.755. The first-order valence-corrected chi connectivity index (χ1v) is 15.4. The number of likely N-dealkylation sites (tertiary alicyclic amines) is 1. The molecular weight excluding hydrogens is 596 g/mol. The van der Waals surface area contributed by atoms with Crippen molar-refractivity contribution in [2.75, 3.05) is 56.0 Å². The number of amides is 2. The van der Waals surface area contributed by atoms with Crippen molar-refractivity contribution in [1.82, 2.24) is 44.9 Å². The standard InChI is InChI=1S/C33H32N12O2/c1-22-15-23(5-9-35-22)29-26-16-25(3-4-27(26)41-42-29)40-31(47)33(20-34)6-10-43(21-33)19-28(46)44-11-13-45(14-12-44)32-38-17-24(18-39-32)30-36-7-2-8-37-30/h2-5,7-9,15-18H,6,10-14,19,21H2,1H3,(H,40,47)(H,41,42). The molecule has 5 aromatic rings. The van der Waals surface area contributed by atoms with Crippen LogP contribution in [0.4, 0.5) is 11.6 Å². The highest BCUT2D eigenvalue weighted by Crippen LogP contribution is 2.33. The third-order valence-electron chi connectivity index (χ3n) is 8.72. The molecule has 0 radical (unpaired) electrons. The molecule has 2 N–H and O–H groups in total. The minimum absolute atomic E-state index is 0.0272. The average molecular weight is 629 g/mol. The monoisotopic (exact) mass is 628 g/mol. The summed E-state index contributed by atoms with van der Waals surface area (Å²) >= 11 is 0. The quantitative estimate of drug-likeness (QED) is 0.271. The molecule has 2 aliphatic heterocycles. The lowest BCUT2D eigenvalue weighted by Crippen LogP contribution is -2.51. The van der Waals surface area contributed by atoms with E-state index in [1.807, 2.05) is 45.9 Å².